The number of carbonyl (C=O) groups is 1. The molecule has 23 heavy (non-hydrogen) atoms. The number of aromatic nitrogens is 1. The molecule has 6 nitrogen and oxygen atoms in total. The van der Waals surface area contributed by atoms with Crippen LogP contribution in [0.25, 0.3) is 0 Å². The molecule has 2 rings (SSSR count). The van der Waals surface area contributed by atoms with Gasteiger partial charge >= 0.3 is 5.97 Å². The minimum atomic E-state index is -0.396. The SMILES string of the molecule is COC(=O)c1ccc(OCc2c(C)noc2C)c(CCCO)c1. The van der Waals surface area contributed by atoms with Crippen molar-refractivity contribution in [3.05, 3.63) is 46.3 Å². The van der Waals surface area contributed by atoms with Crippen molar-refractivity contribution < 1.29 is 23.9 Å². The second kappa shape index (κ2) is 7.78. The Kier molecular flexibility index (Phi) is 5.76. The average Bonchev–Trinajstić information content (AvgIpc) is 2.89. The van der Waals surface area contributed by atoms with E-state index in [-0.39, 0.29) is 6.61 Å². The summed E-state index contributed by atoms with van der Waals surface area (Å²) in [5.41, 5.74) is 3.03. The summed E-state index contributed by atoms with van der Waals surface area (Å²) in [5.74, 6) is 1.00. The highest BCUT2D eigenvalue weighted by molar-refractivity contribution is 5.89. The largest absolute Gasteiger partial charge is 0.488 e. The molecule has 1 aromatic carbocycles. The molecule has 0 spiro atoms. The zero-order valence-electron chi connectivity index (χ0n) is 13.6. The Morgan fingerprint density at radius 3 is 2.74 bits per heavy atom. The van der Waals surface area contributed by atoms with Crippen LogP contribution in [0.3, 0.4) is 0 Å². The van der Waals surface area contributed by atoms with Gasteiger partial charge in [0.05, 0.1) is 23.9 Å². The van der Waals surface area contributed by atoms with Crippen molar-refractivity contribution in [1.82, 2.24) is 5.16 Å². The van der Waals surface area contributed by atoms with Crippen LogP contribution in [-0.4, -0.2) is 29.9 Å². The number of hydrogen-bond donors (Lipinski definition) is 1. The lowest BCUT2D eigenvalue weighted by Gasteiger charge is -2.12. The van der Waals surface area contributed by atoms with Crippen LogP contribution in [0.15, 0.2) is 22.7 Å². The normalized spacial score (nSPS) is 10.6. The van der Waals surface area contributed by atoms with Crippen molar-refractivity contribution in [3.8, 4) is 5.75 Å². The zero-order valence-corrected chi connectivity index (χ0v) is 13.6. The van der Waals surface area contributed by atoms with E-state index in [0.717, 1.165) is 22.6 Å². The first-order chi connectivity index (χ1) is 11.1. The number of aryl methyl sites for hydroxylation is 3. The van der Waals surface area contributed by atoms with Crippen molar-refractivity contribution in [3.63, 3.8) is 0 Å². The van der Waals surface area contributed by atoms with Crippen molar-refractivity contribution in [2.24, 2.45) is 0 Å². The van der Waals surface area contributed by atoms with Gasteiger partial charge in [-0.05, 0) is 50.5 Å². The summed E-state index contributed by atoms with van der Waals surface area (Å²) < 4.78 is 15.7. The number of hydrogen-bond acceptors (Lipinski definition) is 6. The molecule has 0 saturated carbocycles. The van der Waals surface area contributed by atoms with E-state index in [1.54, 1.807) is 18.2 Å². The van der Waals surface area contributed by atoms with E-state index in [1.807, 2.05) is 13.8 Å². The van der Waals surface area contributed by atoms with Crippen molar-refractivity contribution in [1.29, 1.82) is 0 Å². The lowest BCUT2D eigenvalue weighted by molar-refractivity contribution is 0.0600. The molecule has 0 aliphatic rings. The van der Waals surface area contributed by atoms with Crippen LogP contribution in [0, 0.1) is 13.8 Å². The first-order valence-corrected chi connectivity index (χ1v) is 7.43. The summed E-state index contributed by atoms with van der Waals surface area (Å²) in [6, 6.07) is 5.15. The van der Waals surface area contributed by atoms with Gasteiger partial charge in [-0.3, -0.25) is 0 Å². The van der Waals surface area contributed by atoms with E-state index < -0.39 is 5.97 Å². The van der Waals surface area contributed by atoms with Gasteiger partial charge in [0.15, 0.2) is 0 Å². The summed E-state index contributed by atoms with van der Waals surface area (Å²) >= 11 is 0. The molecule has 124 valence electrons. The Balaban J connectivity index is 2.20. The van der Waals surface area contributed by atoms with Crippen molar-refractivity contribution in [2.75, 3.05) is 13.7 Å². The molecule has 2 aromatic rings. The number of aliphatic hydroxyl groups is 1. The van der Waals surface area contributed by atoms with Crippen molar-refractivity contribution >= 4 is 5.97 Å². The van der Waals surface area contributed by atoms with Crippen LogP contribution in [0.1, 0.15) is 39.4 Å². The fourth-order valence-corrected chi connectivity index (χ4v) is 2.29. The van der Waals surface area contributed by atoms with Crippen LogP contribution >= 0.6 is 0 Å². The van der Waals surface area contributed by atoms with E-state index in [1.165, 1.54) is 7.11 Å². The summed E-state index contributed by atoms with van der Waals surface area (Å²) in [4.78, 5) is 11.7. The van der Waals surface area contributed by atoms with Gasteiger partial charge in [0.1, 0.15) is 18.1 Å². The molecule has 1 N–H and O–H groups in total. The number of esters is 1. The molecule has 0 unspecified atom stereocenters. The molecule has 1 heterocycles. The maximum absolute atomic E-state index is 11.7. The molecule has 6 heteroatoms. The first-order valence-electron chi connectivity index (χ1n) is 7.43. The number of carbonyl (C=O) groups excluding carboxylic acids is 1. The fourth-order valence-electron chi connectivity index (χ4n) is 2.29. The topological polar surface area (TPSA) is 81.8 Å². The number of rotatable bonds is 7. The summed E-state index contributed by atoms with van der Waals surface area (Å²) in [6.45, 7) is 4.12. The second-order valence-electron chi connectivity index (χ2n) is 5.23. The number of nitrogens with zero attached hydrogens (tertiary/aromatic N) is 1. The van der Waals surface area contributed by atoms with Gasteiger partial charge in [-0.25, -0.2) is 4.79 Å². The third-order valence-electron chi connectivity index (χ3n) is 3.64. The molecular weight excluding hydrogens is 298 g/mol. The Hall–Kier alpha value is -2.34. The lowest BCUT2D eigenvalue weighted by atomic mass is 10.0. The standard InChI is InChI=1S/C17H21NO5/c1-11-15(12(2)23-18-11)10-22-16-7-6-14(17(20)21-3)9-13(16)5-4-8-19/h6-7,9,19H,4-5,8,10H2,1-3H3. The number of methoxy groups -OCH3 is 1. The first kappa shape index (κ1) is 17.0. The second-order valence-corrected chi connectivity index (χ2v) is 5.23. The number of aliphatic hydroxyl groups excluding tert-OH is 1. The molecule has 0 atom stereocenters. The summed E-state index contributed by atoms with van der Waals surface area (Å²) in [7, 11) is 1.34. The third kappa shape index (κ3) is 4.10. The molecule has 0 saturated heterocycles. The Morgan fingerprint density at radius 2 is 2.13 bits per heavy atom. The molecule has 0 amide bonds. The average molecular weight is 319 g/mol. The predicted molar refractivity (Wildman–Crippen MR) is 83.5 cm³/mol. The third-order valence-corrected chi connectivity index (χ3v) is 3.64. The molecule has 1 aromatic heterocycles. The van der Waals surface area contributed by atoms with E-state index in [4.69, 9.17) is 19.1 Å². The van der Waals surface area contributed by atoms with Crippen LogP contribution in [-0.2, 0) is 17.8 Å². The summed E-state index contributed by atoms with van der Waals surface area (Å²) in [5, 5.41) is 12.9. The van der Waals surface area contributed by atoms with E-state index in [0.29, 0.717) is 30.8 Å². The Bertz CT molecular complexity index is 658. The molecular formula is C17H21NO5. The van der Waals surface area contributed by atoms with Crippen LogP contribution in [0.2, 0.25) is 0 Å². The molecule has 0 radical (unpaired) electrons. The van der Waals surface area contributed by atoms with E-state index >= 15 is 0 Å². The summed E-state index contributed by atoms with van der Waals surface area (Å²) in [6.07, 6.45) is 1.20. The molecule has 0 bridgehead atoms. The molecule has 0 aliphatic heterocycles. The lowest BCUT2D eigenvalue weighted by Crippen LogP contribution is -2.05. The molecule has 0 aliphatic carbocycles. The molecule has 0 fully saturated rings. The highest BCUT2D eigenvalue weighted by atomic mass is 16.5. The van der Waals surface area contributed by atoms with Gasteiger partial charge in [0, 0.05) is 6.61 Å². The van der Waals surface area contributed by atoms with Gasteiger partial charge in [-0.15, -0.1) is 0 Å². The minimum Gasteiger partial charge on any atom is -0.488 e. The van der Waals surface area contributed by atoms with Crippen LogP contribution < -0.4 is 4.74 Å². The van der Waals surface area contributed by atoms with Gasteiger partial charge in [0.2, 0.25) is 0 Å². The van der Waals surface area contributed by atoms with Gasteiger partial charge in [-0.2, -0.15) is 0 Å². The zero-order chi connectivity index (χ0) is 16.8. The minimum absolute atomic E-state index is 0.0752. The van der Waals surface area contributed by atoms with Crippen LogP contribution in [0.4, 0.5) is 0 Å². The Morgan fingerprint density at radius 1 is 1.35 bits per heavy atom. The van der Waals surface area contributed by atoms with E-state index in [9.17, 15) is 4.79 Å². The number of benzene rings is 1. The Labute approximate surface area is 135 Å². The van der Waals surface area contributed by atoms with Gasteiger partial charge in [0.25, 0.3) is 0 Å². The smallest absolute Gasteiger partial charge is 0.337 e. The van der Waals surface area contributed by atoms with Crippen LogP contribution in [0.5, 0.6) is 5.75 Å². The number of ether oxygens (including phenoxy) is 2. The monoisotopic (exact) mass is 319 g/mol. The fraction of sp³-hybridized carbons (Fsp3) is 0.412. The van der Waals surface area contributed by atoms with Gasteiger partial charge < -0.3 is 19.1 Å². The van der Waals surface area contributed by atoms with Gasteiger partial charge in [-0.1, -0.05) is 5.16 Å². The highest BCUT2D eigenvalue weighted by Crippen LogP contribution is 2.24. The predicted octanol–water partition coefficient (Wildman–Crippen LogP) is 2.58. The quantitative estimate of drug-likeness (QED) is 0.790. The maximum atomic E-state index is 11.7. The maximum Gasteiger partial charge on any atom is 0.337 e. The van der Waals surface area contributed by atoms with E-state index in [2.05, 4.69) is 5.16 Å². The van der Waals surface area contributed by atoms with Crippen molar-refractivity contribution in [2.45, 2.75) is 33.3 Å². The highest BCUT2D eigenvalue weighted by Gasteiger charge is 2.13.